The molecule has 2 aromatic heterocycles. The smallest absolute Gasteiger partial charge is 0.251 e. The average Bonchev–Trinajstić information content (AvgIpc) is 3.55. The van der Waals surface area contributed by atoms with Crippen LogP contribution in [0.1, 0.15) is 24.2 Å². The van der Waals surface area contributed by atoms with Crippen LogP contribution >= 0.6 is 11.3 Å². The van der Waals surface area contributed by atoms with Gasteiger partial charge in [-0.3, -0.25) is 14.7 Å². The van der Waals surface area contributed by atoms with Gasteiger partial charge < -0.3 is 10.6 Å². The Morgan fingerprint density at radius 2 is 1.86 bits per heavy atom. The number of carbonyl (C=O) groups excluding carboxylic acids is 2. The maximum Gasteiger partial charge on any atom is 0.251 e. The maximum absolute atomic E-state index is 12.5. The van der Waals surface area contributed by atoms with Crippen molar-refractivity contribution in [1.82, 2.24) is 20.5 Å². The van der Waals surface area contributed by atoms with Crippen molar-refractivity contribution in [2.24, 2.45) is 0 Å². The zero-order chi connectivity index (χ0) is 25.0. The quantitative estimate of drug-likeness (QED) is 0.331. The van der Waals surface area contributed by atoms with Gasteiger partial charge in [-0.1, -0.05) is 30.3 Å². The van der Waals surface area contributed by atoms with Crippen molar-refractivity contribution < 1.29 is 18.0 Å². The molecule has 11 heteroatoms. The molecule has 4 aromatic rings. The minimum absolute atomic E-state index is 0.0654. The Morgan fingerprint density at radius 1 is 1.09 bits per heavy atom. The highest BCUT2D eigenvalue weighted by Crippen LogP contribution is 2.33. The first-order chi connectivity index (χ1) is 16.8. The average molecular weight is 510 g/mol. The standard InChI is InChI=1S/C24H23N5O4S2/c1-15(2)35(32,33)18-7-5-6-16(10-18)23(31)25-13-22(30)29-24-28-21(14-34-24)20-9-4-3-8-19(20)17-11-26-27-12-17/h3-12,14-15H,13H2,1-2H3,(H,25,31)(H,26,27)(H,28,29,30). The molecule has 0 bridgehead atoms. The zero-order valence-corrected chi connectivity index (χ0v) is 20.6. The Labute approximate surface area is 206 Å². The van der Waals surface area contributed by atoms with Crippen LogP contribution in [0.25, 0.3) is 22.4 Å². The van der Waals surface area contributed by atoms with Gasteiger partial charge >= 0.3 is 0 Å². The van der Waals surface area contributed by atoms with Gasteiger partial charge in [-0.2, -0.15) is 5.10 Å². The molecule has 4 rings (SSSR count). The van der Waals surface area contributed by atoms with Crippen LogP contribution in [0.2, 0.25) is 0 Å². The number of carbonyl (C=O) groups is 2. The molecule has 2 heterocycles. The van der Waals surface area contributed by atoms with E-state index in [1.54, 1.807) is 26.2 Å². The van der Waals surface area contributed by atoms with E-state index in [2.05, 4.69) is 25.8 Å². The molecule has 0 fully saturated rings. The molecule has 0 saturated heterocycles. The Bertz CT molecular complexity index is 1460. The molecule has 0 aliphatic carbocycles. The molecule has 0 atom stereocenters. The van der Waals surface area contributed by atoms with Gasteiger partial charge in [-0.05, 0) is 37.6 Å². The highest BCUT2D eigenvalue weighted by Gasteiger charge is 2.20. The monoisotopic (exact) mass is 509 g/mol. The summed E-state index contributed by atoms with van der Waals surface area (Å²) in [4.78, 5) is 29.5. The van der Waals surface area contributed by atoms with Gasteiger partial charge in [0.05, 0.1) is 28.6 Å². The summed E-state index contributed by atoms with van der Waals surface area (Å²) in [5, 5.41) is 13.6. The minimum atomic E-state index is -3.51. The molecule has 35 heavy (non-hydrogen) atoms. The fraction of sp³-hybridized carbons (Fsp3) is 0.167. The highest BCUT2D eigenvalue weighted by molar-refractivity contribution is 7.92. The van der Waals surface area contributed by atoms with Gasteiger partial charge in [0.25, 0.3) is 5.91 Å². The lowest BCUT2D eigenvalue weighted by molar-refractivity contribution is -0.115. The van der Waals surface area contributed by atoms with Crippen LogP contribution in [0.15, 0.2) is 71.2 Å². The third-order valence-electron chi connectivity index (χ3n) is 5.22. The number of aromatic amines is 1. The molecule has 2 amide bonds. The number of benzene rings is 2. The highest BCUT2D eigenvalue weighted by atomic mass is 32.2. The Morgan fingerprint density at radius 3 is 2.57 bits per heavy atom. The minimum Gasteiger partial charge on any atom is -0.343 e. The number of nitrogens with one attached hydrogen (secondary N) is 3. The maximum atomic E-state index is 12.5. The van der Waals surface area contributed by atoms with Crippen molar-refractivity contribution in [2.75, 3.05) is 11.9 Å². The number of rotatable bonds is 8. The van der Waals surface area contributed by atoms with Crippen LogP contribution in [0.3, 0.4) is 0 Å². The normalized spacial score (nSPS) is 11.4. The molecule has 3 N–H and O–H groups in total. The third kappa shape index (κ3) is 5.47. The van der Waals surface area contributed by atoms with Gasteiger partial charge in [-0.15, -0.1) is 11.3 Å². The van der Waals surface area contributed by atoms with Crippen molar-refractivity contribution in [3.8, 4) is 22.4 Å². The molecular formula is C24H23N5O4S2. The van der Waals surface area contributed by atoms with Crippen LogP contribution in [-0.4, -0.2) is 47.2 Å². The van der Waals surface area contributed by atoms with E-state index in [1.807, 2.05) is 29.6 Å². The zero-order valence-electron chi connectivity index (χ0n) is 19.0. The molecule has 0 saturated carbocycles. The lowest BCUT2D eigenvalue weighted by atomic mass is 10.0. The largest absolute Gasteiger partial charge is 0.343 e. The van der Waals surface area contributed by atoms with Gasteiger partial charge in [0.1, 0.15) is 0 Å². The van der Waals surface area contributed by atoms with Crippen LogP contribution in [0.5, 0.6) is 0 Å². The number of thiazole rings is 1. The molecule has 0 aliphatic rings. The number of hydrogen-bond acceptors (Lipinski definition) is 7. The fourth-order valence-corrected chi connectivity index (χ4v) is 5.15. The summed E-state index contributed by atoms with van der Waals surface area (Å²) in [7, 11) is -3.51. The molecule has 2 aromatic carbocycles. The van der Waals surface area contributed by atoms with Crippen molar-refractivity contribution in [1.29, 1.82) is 0 Å². The molecule has 0 radical (unpaired) electrons. The van der Waals surface area contributed by atoms with Gasteiger partial charge in [0, 0.05) is 28.3 Å². The number of H-pyrrole nitrogens is 1. The molecule has 0 aliphatic heterocycles. The van der Waals surface area contributed by atoms with Crippen LogP contribution < -0.4 is 10.6 Å². The number of sulfone groups is 1. The van der Waals surface area contributed by atoms with E-state index in [1.165, 1.54) is 35.6 Å². The van der Waals surface area contributed by atoms with Crippen LogP contribution in [-0.2, 0) is 14.6 Å². The van der Waals surface area contributed by atoms with Crippen molar-refractivity contribution in [2.45, 2.75) is 24.0 Å². The van der Waals surface area contributed by atoms with E-state index in [-0.39, 0.29) is 17.0 Å². The summed E-state index contributed by atoms with van der Waals surface area (Å²) in [6.07, 6.45) is 3.52. The Hall–Kier alpha value is -3.83. The molecule has 9 nitrogen and oxygen atoms in total. The van der Waals surface area contributed by atoms with Crippen LogP contribution in [0.4, 0.5) is 5.13 Å². The lowest BCUT2D eigenvalue weighted by Crippen LogP contribution is -2.33. The number of amides is 2. The first kappa shape index (κ1) is 24.3. The third-order valence-corrected chi connectivity index (χ3v) is 8.13. The first-order valence-electron chi connectivity index (χ1n) is 10.7. The number of anilines is 1. The van der Waals surface area contributed by atoms with Crippen molar-refractivity contribution in [3.05, 3.63) is 71.9 Å². The van der Waals surface area contributed by atoms with Crippen LogP contribution in [0, 0.1) is 0 Å². The summed E-state index contributed by atoms with van der Waals surface area (Å²) in [5.74, 6) is -0.997. The van der Waals surface area contributed by atoms with Gasteiger partial charge in [0.2, 0.25) is 5.91 Å². The molecule has 180 valence electrons. The van der Waals surface area contributed by atoms with E-state index < -0.39 is 26.9 Å². The summed E-state index contributed by atoms with van der Waals surface area (Å²) < 4.78 is 24.7. The lowest BCUT2D eigenvalue weighted by Gasteiger charge is -2.10. The Kier molecular flexibility index (Phi) is 7.08. The van der Waals surface area contributed by atoms with Gasteiger partial charge in [-0.25, -0.2) is 13.4 Å². The second kappa shape index (κ2) is 10.2. The Balaban J connectivity index is 1.39. The van der Waals surface area contributed by atoms with Crippen molar-refractivity contribution >= 4 is 38.1 Å². The van der Waals surface area contributed by atoms with E-state index >= 15 is 0 Å². The first-order valence-corrected chi connectivity index (χ1v) is 13.1. The summed E-state index contributed by atoms with van der Waals surface area (Å²) >= 11 is 1.27. The fourth-order valence-electron chi connectivity index (χ4n) is 3.32. The molecular weight excluding hydrogens is 486 g/mol. The topological polar surface area (TPSA) is 134 Å². The summed E-state index contributed by atoms with van der Waals surface area (Å²) in [6, 6.07) is 13.5. The second-order valence-electron chi connectivity index (χ2n) is 7.92. The second-order valence-corrected chi connectivity index (χ2v) is 11.3. The number of hydrogen-bond donors (Lipinski definition) is 3. The predicted octanol–water partition coefficient (Wildman–Crippen LogP) is 3.75. The van der Waals surface area contributed by atoms with Gasteiger partial charge in [0.15, 0.2) is 15.0 Å². The SMILES string of the molecule is CC(C)S(=O)(=O)c1cccc(C(=O)NCC(=O)Nc2nc(-c3ccccc3-c3cn[nH]c3)cs2)c1. The molecule has 0 unspecified atom stereocenters. The van der Waals surface area contributed by atoms with E-state index in [9.17, 15) is 18.0 Å². The van der Waals surface area contributed by atoms with E-state index in [0.717, 1.165) is 16.7 Å². The predicted molar refractivity (Wildman–Crippen MR) is 135 cm³/mol. The summed E-state index contributed by atoms with van der Waals surface area (Å²) in [6.45, 7) is 2.86. The number of aromatic nitrogens is 3. The molecule has 0 spiro atoms. The van der Waals surface area contributed by atoms with E-state index in [4.69, 9.17) is 0 Å². The number of nitrogens with zero attached hydrogens (tertiary/aromatic N) is 2. The van der Waals surface area contributed by atoms with E-state index in [0.29, 0.717) is 10.8 Å². The van der Waals surface area contributed by atoms with Crippen molar-refractivity contribution in [3.63, 3.8) is 0 Å². The summed E-state index contributed by atoms with van der Waals surface area (Å²) in [5.41, 5.74) is 3.64.